The van der Waals surface area contributed by atoms with Crippen molar-refractivity contribution >= 4 is 23.2 Å². The summed E-state index contributed by atoms with van der Waals surface area (Å²) >= 11 is 0. The molecule has 0 atom stereocenters. The smallest absolute Gasteiger partial charge is 0.265 e. The molecule has 0 spiro atoms. The number of nitrogens with zero attached hydrogens (tertiary/aromatic N) is 2. The van der Waals surface area contributed by atoms with Crippen molar-refractivity contribution in [3.8, 4) is 5.75 Å². The molecule has 0 fully saturated rings. The molecule has 0 saturated heterocycles. The predicted molar refractivity (Wildman–Crippen MR) is 100 cm³/mol. The number of fused-ring (bicyclic) bond motifs is 1. The molecule has 1 amide bonds. The molecule has 3 N–H and O–H groups in total. The van der Waals surface area contributed by atoms with Crippen LogP contribution in [0.1, 0.15) is 12.0 Å². The number of hydrogen-bond donors (Lipinski definition) is 2. The number of rotatable bonds is 5. The van der Waals surface area contributed by atoms with Crippen LogP contribution in [0, 0.1) is 6.92 Å². The molecule has 0 bridgehead atoms. The molecule has 3 rings (SSSR count). The first kappa shape index (κ1) is 16.8. The van der Waals surface area contributed by atoms with Crippen LogP contribution < -0.4 is 20.7 Å². The van der Waals surface area contributed by atoms with Crippen molar-refractivity contribution in [1.29, 1.82) is 0 Å². The largest absolute Gasteiger partial charge is 0.482 e. The van der Waals surface area contributed by atoms with Crippen molar-refractivity contribution in [1.82, 2.24) is 0 Å². The molecule has 6 heteroatoms. The summed E-state index contributed by atoms with van der Waals surface area (Å²) in [6.07, 6.45) is 0.719. The first-order chi connectivity index (χ1) is 12.1. The number of guanidine groups is 1. The van der Waals surface area contributed by atoms with E-state index in [4.69, 9.17) is 10.5 Å². The maximum Gasteiger partial charge on any atom is 0.265 e. The zero-order valence-corrected chi connectivity index (χ0v) is 14.2. The summed E-state index contributed by atoms with van der Waals surface area (Å²) in [4.78, 5) is 18.2. The van der Waals surface area contributed by atoms with Crippen LogP contribution in [-0.2, 0) is 4.79 Å². The van der Waals surface area contributed by atoms with E-state index in [0.29, 0.717) is 19.0 Å². The Bertz CT molecular complexity index is 771. The van der Waals surface area contributed by atoms with E-state index in [0.717, 1.165) is 23.5 Å². The van der Waals surface area contributed by atoms with Gasteiger partial charge >= 0.3 is 0 Å². The second kappa shape index (κ2) is 7.70. The van der Waals surface area contributed by atoms with Gasteiger partial charge in [-0.05, 0) is 37.6 Å². The van der Waals surface area contributed by atoms with Crippen LogP contribution in [-0.4, -0.2) is 31.6 Å². The maximum absolute atomic E-state index is 12.1. The lowest BCUT2D eigenvalue weighted by Crippen LogP contribution is -2.39. The van der Waals surface area contributed by atoms with Gasteiger partial charge in [0.1, 0.15) is 5.75 Å². The zero-order chi connectivity index (χ0) is 17.6. The molecule has 1 aliphatic rings. The standard InChI is InChI=1S/C19H22N4O2/c1-14-7-9-15(10-8-14)22-19(20)21-11-4-12-23-16-5-2-3-6-17(16)25-13-18(23)24/h2-3,5-10H,4,11-13H2,1H3,(H3,20,21,22). The molecule has 0 saturated carbocycles. The summed E-state index contributed by atoms with van der Waals surface area (Å²) in [6, 6.07) is 15.5. The number of para-hydroxylation sites is 2. The molecule has 1 aliphatic heterocycles. The highest BCUT2D eigenvalue weighted by Crippen LogP contribution is 2.31. The molecule has 0 aliphatic carbocycles. The number of nitrogens with two attached hydrogens (primary N) is 1. The van der Waals surface area contributed by atoms with E-state index in [2.05, 4.69) is 10.3 Å². The van der Waals surface area contributed by atoms with Gasteiger partial charge < -0.3 is 20.7 Å². The molecule has 25 heavy (non-hydrogen) atoms. The molecule has 2 aromatic rings. The lowest BCUT2D eigenvalue weighted by atomic mass is 10.2. The van der Waals surface area contributed by atoms with Gasteiger partial charge in [-0.2, -0.15) is 0 Å². The Morgan fingerprint density at radius 3 is 2.80 bits per heavy atom. The van der Waals surface area contributed by atoms with Gasteiger partial charge in [0.25, 0.3) is 5.91 Å². The van der Waals surface area contributed by atoms with Gasteiger partial charge in [-0.15, -0.1) is 0 Å². The first-order valence-corrected chi connectivity index (χ1v) is 8.29. The first-order valence-electron chi connectivity index (χ1n) is 8.29. The van der Waals surface area contributed by atoms with Crippen molar-refractivity contribution in [2.45, 2.75) is 13.3 Å². The molecular formula is C19H22N4O2. The molecular weight excluding hydrogens is 316 g/mol. The Labute approximate surface area is 147 Å². The minimum atomic E-state index is -0.0339. The zero-order valence-electron chi connectivity index (χ0n) is 14.2. The minimum absolute atomic E-state index is 0.0339. The van der Waals surface area contributed by atoms with Gasteiger partial charge in [0.05, 0.1) is 5.69 Å². The number of carbonyl (C=O) groups is 1. The second-order valence-corrected chi connectivity index (χ2v) is 5.91. The van der Waals surface area contributed by atoms with Crippen LogP contribution in [0.4, 0.5) is 11.4 Å². The fraction of sp³-hybridized carbons (Fsp3) is 0.263. The number of aryl methyl sites for hydroxylation is 1. The monoisotopic (exact) mass is 338 g/mol. The molecule has 6 nitrogen and oxygen atoms in total. The Balaban J connectivity index is 1.52. The molecule has 1 heterocycles. The van der Waals surface area contributed by atoms with Gasteiger partial charge in [-0.1, -0.05) is 29.8 Å². The fourth-order valence-electron chi connectivity index (χ4n) is 2.65. The lowest BCUT2D eigenvalue weighted by Gasteiger charge is -2.29. The van der Waals surface area contributed by atoms with E-state index in [1.165, 1.54) is 5.56 Å². The summed E-state index contributed by atoms with van der Waals surface area (Å²) in [5.41, 5.74) is 8.82. The Kier molecular flexibility index (Phi) is 5.18. The van der Waals surface area contributed by atoms with Crippen LogP contribution in [0.15, 0.2) is 53.5 Å². The summed E-state index contributed by atoms with van der Waals surface area (Å²) in [5.74, 6) is 1.08. The van der Waals surface area contributed by atoms with Gasteiger partial charge in [-0.25, -0.2) is 0 Å². The highest BCUT2D eigenvalue weighted by Gasteiger charge is 2.24. The van der Waals surface area contributed by atoms with Crippen LogP contribution in [0.25, 0.3) is 0 Å². The number of benzene rings is 2. The van der Waals surface area contributed by atoms with E-state index >= 15 is 0 Å². The third kappa shape index (κ3) is 4.29. The quantitative estimate of drug-likeness (QED) is 0.499. The Morgan fingerprint density at radius 1 is 1.24 bits per heavy atom. The number of hydrogen-bond acceptors (Lipinski definition) is 3. The highest BCUT2D eigenvalue weighted by molar-refractivity contribution is 5.97. The molecule has 0 aromatic heterocycles. The minimum Gasteiger partial charge on any atom is -0.482 e. The number of nitrogens with one attached hydrogen (secondary N) is 1. The number of carbonyl (C=O) groups excluding carboxylic acids is 1. The topological polar surface area (TPSA) is 80.0 Å². The van der Waals surface area contributed by atoms with Crippen LogP contribution in [0.5, 0.6) is 5.75 Å². The predicted octanol–water partition coefficient (Wildman–Crippen LogP) is 2.54. The third-order valence-corrected chi connectivity index (χ3v) is 3.95. The number of aliphatic imine (C=N–C) groups is 1. The van der Waals surface area contributed by atoms with Crippen molar-refractivity contribution in [2.75, 3.05) is 29.9 Å². The van der Waals surface area contributed by atoms with Gasteiger partial charge in [0.2, 0.25) is 0 Å². The van der Waals surface area contributed by atoms with Crippen molar-refractivity contribution in [2.24, 2.45) is 10.7 Å². The second-order valence-electron chi connectivity index (χ2n) is 5.91. The van der Waals surface area contributed by atoms with Crippen LogP contribution in [0.3, 0.4) is 0 Å². The van der Waals surface area contributed by atoms with E-state index in [1.807, 2.05) is 55.5 Å². The normalized spacial score (nSPS) is 14.0. The van der Waals surface area contributed by atoms with Crippen molar-refractivity contribution in [3.05, 3.63) is 54.1 Å². The summed E-state index contributed by atoms with van der Waals surface area (Å²) in [7, 11) is 0. The van der Waals surface area contributed by atoms with E-state index in [9.17, 15) is 4.79 Å². The molecule has 0 radical (unpaired) electrons. The third-order valence-electron chi connectivity index (χ3n) is 3.95. The van der Waals surface area contributed by atoms with Crippen molar-refractivity contribution < 1.29 is 9.53 Å². The van der Waals surface area contributed by atoms with Crippen LogP contribution >= 0.6 is 0 Å². The summed E-state index contributed by atoms with van der Waals surface area (Å²) in [5, 5.41) is 3.06. The average Bonchev–Trinajstić information content (AvgIpc) is 2.62. The molecule has 0 unspecified atom stereocenters. The number of ether oxygens (including phenoxy) is 1. The molecule has 130 valence electrons. The average molecular weight is 338 g/mol. The SMILES string of the molecule is Cc1ccc(NC(N)=NCCCN2C(=O)COc3ccccc32)cc1. The maximum atomic E-state index is 12.1. The van der Waals surface area contributed by atoms with Crippen molar-refractivity contribution in [3.63, 3.8) is 0 Å². The summed E-state index contributed by atoms with van der Waals surface area (Å²) < 4.78 is 5.44. The fourth-order valence-corrected chi connectivity index (χ4v) is 2.65. The molecule has 2 aromatic carbocycles. The van der Waals surface area contributed by atoms with Crippen LogP contribution in [0.2, 0.25) is 0 Å². The van der Waals surface area contributed by atoms with Gasteiger partial charge in [0.15, 0.2) is 12.6 Å². The Hall–Kier alpha value is -3.02. The van der Waals surface area contributed by atoms with E-state index in [-0.39, 0.29) is 12.5 Å². The number of amides is 1. The Morgan fingerprint density at radius 2 is 2.00 bits per heavy atom. The number of anilines is 2. The summed E-state index contributed by atoms with van der Waals surface area (Å²) in [6.45, 7) is 3.24. The van der Waals surface area contributed by atoms with E-state index in [1.54, 1.807) is 4.90 Å². The lowest BCUT2D eigenvalue weighted by molar-refractivity contribution is -0.121. The highest BCUT2D eigenvalue weighted by atomic mass is 16.5. The van der Waals surface area contributed by atoms with E-state index < -0.39 is 0 Å². The van der Waals surface area contributed by atoms with Gasteiger partial charge in [0, 0.05) is 18.8 Å². The van der Waals surface area contributed by atoms with Gasteiger partial charge in [-0.3, -0.25) is 9.79 Å².